The zero-order valence-corrected chi connectivity index (χ0v) is 32.7. The summed E-state index contributed by atoms with van der Waals surface area (Å²) in [6.07, 6.45) is 4.77. The quantitative estimate of drug-likeness (QED) is 0.119. The Hall–Kier alpha value is -4.48. The van der Waals surface area contributed by atoms with Crippen molar-refractivity contribution in [2.75, 3.05) is 75.2 Å². The number of imide groups is 1. The summed E-state index contributed by atoms with van der Waals surface area (Å²) < 4.78 is 18.7. The number of ether oxygens (including phenoxy) is 1. The molecule has 12 nitrogen and oxygen atoms in total. The largest absolute Gasteiger partial charge is 0.494 e. The van der Waals surface area contributed by atoms with Crippen LogP contribution in [0.15, 0.2) is 72.9 Å². The molecular weight excluding hydrogens is 723 g/mol. The fraction of sp³-hybridized carbons (Fsp3) is 0.400. The molecule has 284 valence electrons. The number of aromatic nitrogens is 2. The number of anilines is 5. The standard InChI is InChI=1S/C40H48ClN8O4P/c1-53-35-24-30(11-13-33(35)44-40-42-25-32(41)38(46-40)43-34-9-4-5-10-36(34)54(2,3)52)49-21-19-48(20-22-49)29-15-17-47(18-16-29)26-27-7-6-8-28(23-27)31-12-14-37(50)45-39(31)51/h4-11,13,23-25,29,31H,12,14-22,26H2,1-3H3,(H,45,50,51)(H2,42,43,44,46). The average molecular weight is 771 g/mol. The molecule has 1 atom stereocenters. The molecule has 1 unspecified atom stereocenters. The van der Waals surface area contributed by atoms with Crippen LogP contribution < -0.4 is 30.9 Å². The predicted octanol–water partition coefficient (Wildman–Crippen LogP) is 6.18. The second-order valence-corrected chi connectivity index (χ2v) is 18.3. The zero-order chi connectivity index (χ0) is 37.8. The van der Waals surface area contributed by atoms with E-state index in [9.17, 15) is 14.2 Å². The number of hydrogen-bond acceptors (Lipinski definition) is 11. The van der Waals surface area contributed by atoms with Gasteiger partial charge in [-0.3, -0.25) is 24.7 Å². The first-order chi connectivity index (χ1) is 26.0. The number of piperazine rings is 1. The van der Waals surface area contributed by atoms with E-state index in [2.05, 4.69) is 64.9 Å². The molecule has 2 amide bonds. The van der Waals surface area contributed by atoms with Crippen LogP contribution in [0, 0.1) is 0 Å². The third-order valence-electron chi connectivity index (χ3n) is 10.7. The summed E-state index contributed by atoms with van der Waals surface area (Å²) in [5.41, 5.74) is 4.74. The number of benzene rings is 3. The highest BCUT2D eigenvalue weighted by Crippen LogP contribution is 2.39. The number of nitrogens with zero attached hydrogens (tertiary/aromatic N) is 5. The highest BCUT2D eigenvalue weighted by atomic mass is 35.5. The van der Waals surface area contributed by atoms with Gasteiger partial charge in [-0.2, -0.15) is 4.98 Å². The molecule has 3 aromatic carbocycles. The van der Waals surface area contributed by atoms with Crippen LogP contribution in [0.25, 0.3) is 0 Å². The predicted molar refractivity (Wildman–Crippen MR) is 216 cm³/mol. The van der Waals surface area contributed by atoms with Crippen LogP contribution in [-0.4, -0.2) is 97.3 Å². The van der Waals surface area contributed by atoms with E-state index in [4.69, 9.17) is 16.3 Å². The lowest BCUT2D eigenvalue weighted by molar-refractivity contribution is -0.134. The Balaban J connectivity index is 0.915. The Bertz CT molecular complexity index is 2040. The Labute approximate surface area is 322 Å². The number of piperidine rings is 2. The summed E-state index contributed by atoms with van der Waals surface area (Å²) in [7, 11) is -0.882. The van der Waals surface area contributed by atoms with Crippen LogP contribution in [0.2, 0.25) is 5.02 Å². The van der Waals surface area contributed by atoms with Crippen LogP contribution in [0.3, 0.4) is 0 Å². The van der Waals surface area contributed by atoms with Crippen molar-refractivity contribution in [1.82, 2.24) is 25.1 Å². The number of nitrogens with one attached hydrogen (secondary N) is 3. The summed E-state index contributed by atoms with van der Waals surface area (Å²) in [5, 5.41) is 10.1. The molecule has 0 saturated carbocycles. The molecule has 7 rings (SSSR count). The lowest BCUT2D eigenvalue weighted by Crippen LogP contribution is -2.53. The van der Waals surface area contributed by atoms with Crippen molar-refractivity contribution in [2.24, 2.45) is 0 Å². The van der Waals surface area contributed by atoms with Gasteiger partial charge in [-0.05, 0) is 81.1 Å². The molecule has 3 aliphatic heterocycles. The van der Waals surface area contributed by atoms with E-state index in [-0.39, 0.29) is 17.7 Å². The van der Waals surface area contributed by atoms with Crippen LogP contribution in [0.5, 0.6) is 5.75 Å². The summed E-state index contributed by atoms with van der Waals surface area (Å²) in [6, 6.07) is 22.5. The number of para-hydroxylation sites is 1. The van der Waals surface area contributed by atoms with Gasteiger partial charge in [0.15, 0.2) is 5.82 Å². The van der Waals surface area contributed by atoms with Crippen LogP contribution in [0.1, 0.15) is 42.7 Å². The molecule has 0 aliphatic carbocycles. The van der Waals surface area contributed by atoms with Crippen molar-refractivity contribution in [3.63, 3.8) is 0 Å². The maximum Gasteiger partial charge on any atom is 0.234 e. The molecule has 4 aromatic rings. The molecule has 1 aromatic heterocycles. The highest BCUT2D eigenvalue weighted by molar-refractivity contribution is 7.70. The molecule has 14 heteroatoms. The van der Waals surface area contributed by atoms with Gasteiger partial charge in [-0.15, -0.1) is 0 Å². The van der Waals surface area contributed by atoms with Crippen LogP contribution in [0.4, 0.5) is 28.8 Å². The SMILES string of the molecule is COc1cc(N2CCN(C3CCN(Cc4cccc(C5CCC(=O)NC5=O)c4)CC3)CC2)ccc1Nc1ncc(Cl)c(Nc2ccccc2P(C)(C)=O)n1. The van der Waals surface area contributed by atoms with E-state index in [1.165, 1.54) is 11.8 Å². The second-order valence-electron chi connectivity index (χ2n) is 14.7. The number of amides is 2. The molecule has 3 saturated heterocycles. The molecule has 0 spiro atoms. The van der Waals surface area contributed by atoms with Gasteiger partial charge in [-0.25, -0.2) is 4.98 Å². The van der Waals surface area contributed by atoms with E-state index >= 15 is 0 Å². The minimum atomic E-state index is -2.54. The number of likely N-dealkylation sites (tertiary alicyclic amines) is 1. The summed E-state index contributed by atoms with van der Waals surface area (Å²) in [5.74, 6) is 0.824. The van der Waals surface area contributed by atoms with E-state index in [1.54, 1.807) is 20.4 Å². The van der Waals surface area contributed by atoms with Crippen molar-refractivity contribution >= 4 is 64.7 Å². The third kappa shape index (κ3) is 8.90. The molecule has 4 heterocycles. The maximum atomic E-state index is 12.9. The topological polar surface area (TPSA) is 132 Å². The maximum absolute atomic E-state index is 12.9. The fourth-order valence-corrected chi connectivity index (χ4v) is 9.05. The van der Waals surface area contributed by atoms with Gasteiger partial charge in [0.2, 0.25) is 17.8 Å². The Kier molecular flexibility index (Phi) is 11.5. The lowest BCUT2D eigenvalue weighted by atomic mass is 9.89. The van der Waals surface area contributed by atoms with Gasteiger partial charge in [0.1, 0.15) is 17.9 Å². The van der Waals surface area contributed by atoms with E-state index in [0.29, 0.717) is 47.1 Å². The van der Waals surface area contributed by atoms with Crippen LogP contribution >= 0.6 is 18.7 Å². The van der Waals surface area contributed by atoms with Crippen LogP contribution in [-0.2, 0) is 20.7 Å². The Morgan fingerprint density at radius 3 is 2.43 bits per heavy atom. The van der Waals surface area contributed by atoms with E-state index in [0.717, 1.165) is 80.9 Å². The number of carbonyl (C=O) groups excluding carboxylic acids is 2. The Morgan fingerprint density at radius 1 is 0.907 bits per heavy atom. The number of rotatable bonds is 11. The summed E-state index contributed by atoms with van der Waals surface area (Å²) in [4.78, 5) is 40.6. The molecule has 0 bridgehead atoms. The van der Waals surface area contributed by atoms with Crippen molar-refractivity contribution in [1.29, 1.82) is 0 Å². The average Bonchev–Trinajstić information content (AvgIpc) is 3.16. The molecule has 3 aliphatic rings. The molecule has 0 radical (unpaired) electrons. The number of hydrogen-bond donors (Lipinski definition) is 3. The van der Waals surface area contributed by atoms with Gasteiger partial charge >= 0.3 is 0 Å². The van der Waals surface area contributed by atoms with Crippen molar-refractivity contribution in [3.8, 4) is 5.75 Å². The van der Waals surface area contributed by atoms with Gasteiger partial charge in [-0.1, -0.05) is 48.0 Å². The van der Waals surface area contributed by atoms with Crippen molar-refractivity contribution in [2.45, 2.75) is 44.2 Å². The second kappa shape index (κ2) is 16.5. The van der Waals surface area contributed by atoms with Gasteiger partial charge in [0.25, 0.3) is 0 Å². The normalized spacial score (nSPS) is 19.0. The third-order valence-corrected chi connectivity index (χ3v) is 12.5. The smallest absolute Gasteiger partial charge is 0.234 e. The Morgan fingerprint density at radius 2 is 1.69 bits per heavy atom. The van der Waals surface area contributed by atoms with Gasteiger partial charge in [0, 0.05) is 62.2 Å². The van der Waals surface area contributed by atoms with E-state index < -0.39 is 7.14 Å². The summed E-state index contributed by atoms with van der Waals surface area (Å²) >= 11 is 6.47. The van der Waals surface area contributed by atoms with Crippen molar-refractivity contribution < 1.29 is 18.9 Å². The number of carbonyl (C=O) groups is 2. The monoisotopic (exact) mass is 770 g/mol. The zero-order valence-electron chi connectivity index (χ0n) is 31.1. The fourth-order valence-electron chi connectivity index (χ4n) is 7.76. The van der Waals surface area contributed by atoms with Gasteiger partial charge in [0.05, 0.1) is 30.6 Å². The van der Waals surface area contributed by atoms with E-state index in [1.807, 2.05) is 42.5 Å². The highest BCUT2D eigenvalue weighted by Gasteiger charge is 2.30. The first-order valence-corrected chi connectivity index (χ1v) is 21.5. The minimum absolute atomic E-state index is 0.180. The minimum Gasteiger partial charge on any atom is -0.494 e. The summed E-state index contributed by atoms with van der Waals surface area (Å²) in [6.45, 7) is 10.3. The number of methoxy groups -OCH3 is 1. The first kappa shape index (κ1) is 37.8. The molecule has 3 fully saturated rings. The number of halogens is 1. The molecule has 3 N–H and O–H groups in total. The van der Waals surface area contributed by atoms with Gasteiger partial charge < -0.3 is 24.8 Å². The molecular formula is C40H48ClN8O4P. The lowest BCUT2D eigenvalue weighted by Gasteiger charge is -2.43. The first-order valence-electron chi connectivity index (χ1n) is 18.6. The molecule has 54 heavy (non-hydrogen) atoms. The van der Waals surface area contributed by atoms with Crippen molar-refractivity contribution in [3.05, 3.63) is 89.1 Å².